The van der Waals surface area contributed by atoms with Gasteiger partial charge in [-0.05, 0) is 48.4 Å². The number of pyridine rings is 1. The first-order valence-corrected chi connectivity index (χ1v) is 14.1. The maximum absolute atomic E-state index is 13.7. The van der Waals surface area contributed by atoms with Crippen LogP contribution in [-0.4, -0.2) is 70.0 Å². The van der Waals surface area contributed by atoms with E-state index in [1.54, 1.807) is 0 Å². The minimum atomic E-state index is -4.76. The molecule has 4 heterocycles. The van der Waals surface area contributed by atoms with Crippen molar-refractivity contribution >= 4 is 28.6 Å². The molecule has 2 atom stereocenters. The van der Waals surface area contributed by atoms with Crippen molar-refractivity contribution in [2.75, 3.05) is 38.1 Å². The third-order valence-electron chi connectivity index (χ3n) is 8.42. The van der Waals surface area contributed by atoms with Crippen LogP contribution in [0.1, 0.15) is 21.5 Å². The molecule has 2 fully saturated rings. The first kappa shape index (κ1) is 29.1. The molecule has 2 aliphatic heterocycles. The predicted octanol–water partition coefficient (Wildman–Crippen LogP) is 4.13. The van der Waals surface area contributed by atoms with Crippen LogP contribution in [0.2, 0.25) is 0 Å². The van der Waals surface area contributed by atoms with Gasteiger partial charge >= 0.3 is 12.3 Å². The maximum atomic E-state index is 13.7. The molecule has 0 bridgehead atoms. The molecular weight excluding hydrogens is 577 g/mol. The molecule has 0 radical (unpaired) electrons. The van der Waals surface area contributed by atoms with Crippen LogP contribution in [0.15, 0.2) is 65.6 Å². The van der Waals surface area contributed by atoms with Crippen LogP contribution in [-0.2, 0) is 19.1 Å². The van der Waals surface area contributed by atoms with Gasteiger partial charge in [-0.3, -0.25) is 14.6 Å². The molecule has 228 valence electrons. The van der Waals surface area contributed by atoms with E-state index in [0.717, 1.165) is 47.4 Å². The molecule has 2 amide bonds. The van der Waals surface area contributed by atoms with Crippen LogP contribution in [0.5, 0.6) is 0 Å². The van der Waals surface area contributed by atoms with E-state index in [4.69, 9.17) is 0 Å². The number of likely N-dealkylation sites (tertiary alicyclic amines) is 1. The van der Waals surface area contributed by atoms with Gasteiger partial charge in [0.05, 0.1) is 34.2 Å². The highest BCUT2D eigenvalue weighted by atomic mass is 19.4. The summed E-state index contributed by atoms with van der Waals surface area (Å²) in [6.07, 6.45) is -3.36. The monoisotopic (exact) mass is 606 g/mol. The number of rotatable bonds is 6. The standard InChI is InChI=1S/C31H29F3N6O4/c1-35-29(42)24-4-3-19(12-25(24)31(32,33)34)27-6-7-28(41)40(37-27)9-8-18-2-5-26-20(10-18)11-23(13-36-26)38-14-21-16-39(30(43)44)17-22(21)15-38/h2-7,10-13,21-22H,8-9,14-17H2,1H3,(H,35,42)(H,43,44). The third-order valence-corrected chi connectivity index (χ3v) is 8.42. The van der Waals surface area contributed by atoms with E-state index in [2.05, 4.69) is 26.4 Å². The number of fused-ring (bicyclic) bond motifs is 2. The highest BCUT2D eigenvalue weighted by Crippen LogP contribution is 2.36. The number of aryl methyl sites for hydroxylation is 2. The first-order valence-electron chi connectivity index (χ1n) is 14.1. The lowest BCUT2D eigenvalue weighted by molar-refractivity contribution is -0.137. The van der Waals surface area contributed by atoms with Crippen LogP contribution in [0.25, 0.3) is 22.2 Å². The molecule has 0 aliphatic carbocycles. The summed E-state index contributed by atoms with van der Waals surface area (Å²) in [6, 6.07) is 13.8. The fourth-order valence-electron chi connectivity index (χ4n) is 6.13. The number of amides is 2. The zero-order valence-electron chi connectivity index (χ0n) is 23.7. The van der Waals surface area contributed by atoms with Gasteiger partial charge in [0.2, 0.25) is 0 Å². The Labute approximate surface area is 249 Å². The van der Waals surface area contributed by atoms with Gasteiger partial charge in [-0.1, -0.05) is 12.1 Å². The smallest absolute Gasteiger partial charge is 0.417 e. The van der Waals surface area contributed by atoms with Crippen molar-refractivity contribution in [3.05, 3.63) is 87.8 Å². The Balaban J connectivity index is 1.19. The summed E-state index contributed by atoms with van der Waals surface area (Å²) < 4.78 is 42.4. The molecule has 10 nitrogen and oxygen atoms in total. The number of carbonyl (C=O) groups is 2. The Morgan fingerprint density at radius 3 is 2.43 bits per heavy atom. The average Bonchev–Trinajstić information content (AvgIpc) is 3.59. The number of hydrogen-bond donors (Lipinski definition) is 2. The molecule has 2 unspecified atom stereocenters. The zero-order valence-corrected chi connectivity index (χ0v) is 23.7. The number of carbonyl (C=O) groups excluding carboxylic acids is 1. The van der Waals surface area contributed by atoms with Crippen molar-refractivity contribution in [2.45, 2.75) is 19.1 Å². The number of aromatic nitrogens is 3. The quantitative estimate of drug-likeness (QED) is 0.339. The number of carboxylic acid groups (broad SMARTS) is 1. The summed E-state index contributed by atoms with van der Waals surface area (Å²) in [4.78, 5) is 44.2. The van der Waals surface area contributed by atoms with E-state index in [1.807, 2.05) is 24.4 Å². The van der Waals surface area contributed by atoms with Gasteiger partial charge in [0.1, 0.15) is 0 Å². The molecule has 2 aliphatic rings. The van der Waals surface area contributed by atoms with Gasteiger partial charge in [0.15, 0.2) is 0 Å². The van der Waals surface area contributed by atoms with Gasteiger partial charge in [-0.25, -0.2) is 9.48 Å². The number of halogens is 3. The normalized spacial score (nSPS) is 18.1. The first-order chi connectivity index (χ1) is 21.0. The second-order valence-corrected chi connectivity index (χ2v) is 11.2. The molecule has 2 aromatic heterocycles. The van der Waals surface area contributed by atoms with E-state index in [1.165, 1.54) is 34.8 Å². The van der Waals surface area contributed by atoms with E-state index in [-0.39, 0.29) is 17.8 Å². The number of anilines is 1. The lowest BCUT2D eigenvalue weighted by atomic mass is 10.0. The van der Waals surface area contributed by atoms with Crippen molar-refractivity contribution in [1.29, 1.82) is 0 Å². The summed E-state index contributed by atoms with van der Waals surface area (Å²) in [5.74, 6) is -0.262. The summed E-state index contributed by atoms with van der Waals surface area (Å²) in [5.41, 5.74) is 1.04. The Kier molecular flexibility index (Phi) is 7.48. The Morgan fingerprint density at radius 2 is 1.75 bits per heavy atom. The molecule has 4 aromatic rings. The Bertz CT molecular complexity index is 1810. The number of nitrogens with zero attached hydrogens (tertiary/aromatic N) is 5. The topological polar surface area (TPSA) is 121 Å². The second kappa shape index (κ2) is 11.3. The second-order valence-electron chi connectivity index (χ2n) is 11.2. The molecule has 6 rings (SSSR count). The molecule has 44 heavy (non-hydrogen) atoms. The van der Waals surface area contributed by atoms with Crippen LogP contribution in [0.4, 0.5) is 23.7 Å². The molecule has 2 aromatic carbocycles. The van der Waals surface area contributed by atoms with Gasteiger partial charge in [0, 0.05) is 68.6 Å². The number of benzene rings is 2. The van der Waals surface area contributed by atoms with E-state index in [9.17, 15) is 32.7 Å². The Hall–Kier alpha value is -4.94. The van der Waals surface area contributed by atoms with Crippen LogP contribution < -0.4 is 15.8 Å². The largest absolute Gasteiger partial charge is 0.465 e. The summed E-state index contributed by atoms with van der Waals surface area (Å²) >= 11 is 0. The third kappa shape index (κ3) is 5.69. The fraction of sp³-hybridized carbons (Fsp3) is 0.323. The van der Waals surface area contributed by atoms with Gasteiger partial charge in [-0.15, -0.1) is 0 Å². The minimum absolute atomic E-state index is 0.129. The number of nitrogens with one attached hydrogen (secondary N) is 1. The van der Waals surface area contributed by atoms with Crippen LogP contribution in [0, 0.1) is 11.8 Å². The zero-order chi connectivity index (χ0) is 31.2. The summed E-state index contributed by atoms with van der Waals surface area (Å²) in [6.45, 7) is 2.82. The average molecular weight is 607 g/mol. The molecule has 2 saturated heterocycles. The minimum Gasteiger partial charge on any atom is -0.465 e. The highest BCUT2D eigenvalue weighted by molar-refractivity contribution is 5.96. The summed E-state index contributed by atoms with van der Waals surface area (Å²) in [7, 11) is 1.26. The predicted molar refractivity (Wildman–Crippen MR) is 157 cm³/mol. The number of alkyl halides is 3. The summed E-state index contributed by atoms with van der Waals surface area (Å²) in [5, 5.41) is 16.8. The molecule has 13 heteroatoms. The van der Waals surface area contributed by atoms with Crippen LogP contribution >= 0.6 is 0 Å². The van der Waals surface area contributed by atoms with E-state index < -0.39 is 34.9 Å². The molecule has 2 N–H and O–H groups in total. The fourth-order valence-corrected chi connectivity index (χ4v) is 6.13. The van der Waals surface area contributed by atoms with E-state index in [0.29, 0.717) is 31.3 Å². The van der Waals surface area contributed by atoms with Gasteiger partial charge in [0.25, 0.3) is 11.5 Å². The van der Waals surface area contributed by atoms with Crippen LogP contribution in [0.3, 0.4) is 0 Å². The highest BCUT2D eigenvalue weighted by Gasteiger charge is 2.42. The van der Waals surface area contributed by atoms with E-state index >= 15 is 0 Å². The van der Waals surface area contributed by atoms with Crippen molar-refractivity contribution in [2.24, 2.45) is 11.8 Å². The molecular formula is C31H29F3N6O4. The van der Waals surface area contributed by atoms with Crippen molar-refractivity contribution < 1.29 is 27.9 Å². The number of hydrogen-bond acceptors (Lipinski definition) is 6. The van der Waals surface area contributed by atoms with Crippen molar-refractivity contribution in [1.82, 2.24) is 25.0 Å². The molecule has 0 spiro atoms. The Morgan fingerprint density at radius 1 is 1.00 bits per heavy atom. The van der Waals surface area contributed by atoms with Crippen molar-refractivity contribution in [3.63, 3.8) is 0 Å². The van der Waals surface area contributed by atoms with Crippen molar-refractivity contribution in [3.8, 4) is 11.3 Å². The molecule has 0 saturated carbocycles. The SMILES string of the molecule is CNC(=O)c1ccc(-c2ccc(=O)n(CCc3ccc4ncc(N5CC6CN(C(=O)O)CC6C5)cc4c3)n2)cc1C(F)(F)F. The lowest BCUT2D eigenvalue weighted by Gasteiger charge is -2.22. The maximum Gasteiger partial charge on any atom is 0.417 e. The van der Waals surface area contributed by atoms with Gasteiger partial charge in [-0.2, -0.15) is 18.3 Å². The van der Waals surface area contributed by atoms with Gasteiger partial charge < -0.3 is 20.2 Å². The lowest BCUT2D eigenvalue weighted by Crippen LogP contribution is -2.32.